The molecule has 0 spiro atoms. The topological polar surface area (TPSA) is 69.6 Å². The molecule has 5 heteroatoms. The van der Waals surface area contributed by atoms with Crippen molar-refractivity contribution in [2.75, 3.05) is 20.1 Å². The highest BCUT2D eigenvalue weighted by Crippen LogP contribution is 2.16. The number of rotatable bonds is 8. The molecule has 1 aromatic rings. The van der Waals surface area contributed by atoms with Crippen LogP contribution in [-0.4, -0.2) is 42.1 Å². The summed E-state index contributed by atoms with van der Waals surface area (Å²) < 4.78 is 0. The van der Waals surface area contributed by atoms with Crippen LogP contribution >= 0.6 is 0 Å². The van der Waals surface area contributed by atoms with E-state index in [4.69, 9.17) is 5.11 Å². The molecular formula is C18H28N2O3. The van der Waals surface area contributed by atoms with E-state index >= 15 is 0 Å². The average Bonchev–Trinajstić information content (AvgIpc) is 2.51. The maximum atomic E-state index is 12.1. The number of carbonyl (C=O) groups excluding carboxylic acids is 1. The Labute approximate surface area is 138 Å². The van der Waals surface area contributed by atoms with E-state index in [0.717, 1.165) is 6.42 Å². The maximum absolute atomic E-state index is 12.1. The Balaban J connectivity index is 2.51. The van der Waals surface area contributed by atoms with Gasteiger partial charge in [0.25, 0.3) is 0 Å². The number of aliphatic carboxylic acids is 1. The van der Waals surface area contributed by atoms with E-state index < -0.39 is 11.9 Å². The number of amides is 2. The summed E-state index contributed by atoms with van der Waals surface area (Å²) in [6.07, 6.45) is 0.911. The smallest absolute Gasteiger partial charge is 0.317 e. The van der Waals surface area contributed by atoms with E-state index in [9.17, 15) is 9.59 Å². The van der Waals surface area contributed by atoms with Crippen LogP contribution in [0.15, 0.2) is 30.3 Å². The number of carboxylic acid groups (broad SMARTS) is 1. The third-order valence-corrected chi connectivity index (χ3v) is 4.11. The highest BCUT2D eigenvalue weighted by molar-refractivity contribution is 5.75. The molecule has 0 aliphatic rings. The molecule has 0 fully saturated rings. The molecule has 0 radical (unpaired) electrons. The molecule has 0 bridgehead atoms. The van der Waals surface area contributed by atoms with E-state index in [-0.39, 0.29) is 12.6 Å². The summed E-state index contributed by atoms with van der Waals surface area (Å²) in [7, 11) is 1.62. The number of carbonyl (C=O) groups is 2. The molecule has 23 heavy (non-hydrogen) atoms. The van der Waals surface area contributed by atoms with Crippen molar-refractivity contribution in [2.24, 2.45) is 17.8 Å². The molecule has 0 aromatic heterocycles. The summed E-state index contributed by atoms with van der Waals surface area (Å²) in [5.41, 5.74) is 1.26. The lowest BCUT2D eigenvalue weighted by atomic mass is 9.89. The zero-order valence-electron chi connectivity index (χ0n) is 14.5. The van der Waals surface area contributed by atoms with Gasteiger partial charge in [0.15, 0.2) is 0 Å². The molecule has 2 N–H and O–H groups in total. The largest absolute Gasteiger partial charge is 0.481 e. The minimum absolute atomic E-state index is 0.201. The van der Waals surface area contributed by atoms with Crippen LogP contribution in [0.25, 0.3) is 0 Å². The Morgan fingerprint density at radius 1 is 1.17 bits per heavy atom. The zero-order chi connectivity index (χ0) is 17.4. The van der Waals surface area contributed by atoms with Crippen LogP contribution in [0.4, 0.5) is 4.79 Å². The molecule has 1 aromatic carbocycles. The molecule has 1 rings (SSSR count). The molecule has 0 saturated heterocycles. The van der Waals surface area contributed by atoms with Gasteiger partial charge in [0, 0.05) is 20.1 Å². The van der Waals surface area contributed by atoms with Crippen molar-refractivity contribution in [3.8, 4) is 0 Å². The number of hydrogen-bond acceptors (Lipinski definition) is 2. The summed E-state index contributed by atoms with van der Waals surface area (Å²) >= 11 is 0. The van der Waals surface area contributed by atoms with Crippen molar-refractivity contribution in [1.29, 1.82) is 0 Å². The Bertz CT molecular complexity index is 502. The van der Waals surface area contributed by atoms with Crippen molar-refractivity contribution in [3.05, 3.63) is 35.9 Å². The molecule has 0 saturated carbocycles. The fourth-order valence-corrected chi connectivity index (χ4v) is 2.39. The van der Waals surface area contributed by atoms with Crippen molar-refractivity contribution in [1.82, 2.24) is 10.2 Å². The van der Waals surface area contributed by atoms with Gasteiger partial charge in [-0.2, -0.15) is 0 Å². The molecule has 0 aliphatic heterocycles. The molecule has 5 nitrogen and oxygen atoms in total. The zero-order valence-corrected chi connectivity index (χ0v) is 14.5. The van der Waals surface area contributed by atoms with Gasteiger partial charge in [-0.1, -0.05) is 51.1 Å². The summed E-state index contributed by atoms with van der Waals surface area (Å²) in [5.74, 6) is -0.685. The quantitative estimate of drug-likeness (QED) is 0.774. The van der Waals surface area contributed by atoms with Gasteiger partial charge in [0.2, 0.25) is 0 Å². The Hall–Kier alpha value is -2.04. The Morgan fingerprint density at radius 3 is 2.30 bits per heavy atom. The van der Waals surface area contributed by atoms with Gasteiger partial charge in [-0.05, 0) is 23.8 Å². The maximum Gasteiger partial charge on any atom is 0.317 e. The third kappa shape index (κ3) is 6.72. The second-order valence-corrected chi connectivity index (χ2v) is 6.50. The van der Waals surface area contributed by atoms with E-state index in [1.165, 1.54) is 10.5 Å². The van der Waals surface area contributed by atoms with Crippen LogP contribution in [0.5, 0.6) is 0 Å². The second-order valence-electron chi connectivity index (χ2n) is 6.50. The Morgan fingerprint density at radius 2 is 1.78 bits per heavy atom. The summed E-state index contributed by atoms with van der Waals surface area (Å²) in [6, 6.07) is 10.00. The molecular weight excluding hydrogens is 292 g/mol. The first-order chi connectivity index (χ1) is 10.8. The monoisotopic (exact) mass is 320 g/mol. The van der Waals surface area contributed by atoms with E-state index in [2.05, 4.69) is 31.3 Å². The lowest BCUT2D eigenvalue weighted by molar-refractivity contribution is -0.141. The first kappa shape index (κ1) is 19.0. The van der Waals surface area contributed by atoms with Crippen molar-refractivity contribution >= 4 is 12.0 Å². The lowest BCUT2D eigenvalue weighted by Gasteiger charge is -2.25. The van der Waals surface area contributed by atoms with Gasteiger partial charge >= 0.3 is 12.0 Å². The first-order valence-electron chi connectivity index (χ1n) is 8.07. The van der Waals surface area contributed by atoms with Gasteiger partial charge in [0.1, 0.15) is 0 Å². The molecule has 2 amide bonds. The first-order valence-corrected chi connectivity index (χ1v) is 8.07. The fraction of sp³-hybridized carbons (Fsp3) is 0.556. The number of urea groups is 1. The molecule has 128 valence electrons. The van der Waals surface area contributed by atoms with Crippen LogP contribution in [0.1, 0.15) is 26.3 Å². The second kappa shape index (κ2) is 9.18. The SMILES string of the molecule is CC(CN(C)C(=O)NCC(Cc1ccccc1)C(C)C)C(=O)O. The van der Waals surface area contributed by atoms with Gasteiger partial charge in [-0.15, -0.1) is 0 Å². The van der Waals surface area contributed by atoms with Crippen LogP contribution in [0, 0.1) is 17.8 Å². The standard InChI is InChI=1S/C18H28N2O3/c1-13(2)16(10-15-8-6-5-7-9-15)11-19-18(23)20(4)12-14(3)17(21)22/h5-9,13-14,16H,10-12H2,1-4H3,(H,19,23)(H,21,22). The van der Waals surface area contributed by atoms with Crippen LogP contribution in [-0.2, 0) is 11.2 Å². The average molecular weight is 320 g/mol. The molecule has 0 heterocycles. The minimum atomic E-state index is -0.895. The van der Waals surface area contributed by atoms with E-state index in [1.54, 1.807) is 14.0 Å². The molecule has 2 atom stereocenters. The van der Waals surface area contributed by atoms with Crippen molar-refractivity contribution in [2.45, 2.75) is 27.2 Å². The number of carboxylic acids is 1. The summed E-state index contributed by atoms with van der Waals surface area (Å²) in [4.78, 5) is 24.4. The van der Waals surface area contributed by atoms with Crippen LogP contribution < -0.4 is 5.32 Å². The predicted octanol–water partition coefficient (Wildman–Crippen LogP) is 2.86. The normalized spacial score (nSPS) is 13.4. The lowest BCUT2D eigenvalue weighted by Crippen LogP contribution is -2.43. The van der Waals surface area contributed by atoms with E-state index in [1.807, 2.05) is 18.2 Å². The van der Waals surface area contributed by atoms with Gasteiger partial charge in [-0.25, -0.2) is 4.79 Å². The summed E-state index contributed by atoms with van der Waals surface area (Å²) in [6.45, 7) is 6.67. The summed E-state index contributed by atoms with van der Waals surface area (Å²) in [5, 5.41) is 11.8. The minimum Gasteiger partial charge on any atom is -0.481 e. The molecule has 2 unspecified atom stereocenters. The number of nitrogens with one attached hydrogen (secondary N) is 1. The highest BCUT2D eigenvalue weighted by atomic mass is 16.4. The van der Waals surface area contributed by atoms with Crippen molar-refractivity contribution < 1.29 is 14.7 Å². The van der Waals surface area contributed by atoms with E-state index in [0.29, 0.717) is 18.4 Å². The molecule has 0 aliphatic carbocycles. The van der Waals surface area contributed by atoms with Crippen LogP contribution in [0.3, 0.4) is 0 Å². The van der Waals surface area contributed by atoms with Crippen molar-refractivity contribution in [3.63, 3.8) is 0 Å². The van der Waals surface area contributed by atoms with Gasteiger partial charge in [0.05, 0.1) is 5.92 Å². The Kier molecular flexibility index (Phi) is 7.59. The van der Waals surface area contributed by atoms with Crippen LogP contribution in [0.2, 0.25) is 0 Å². The van der Waals surface area contributed by atoms with Gasteiger partial charge in [-0.3, -0.25) is 4.79 Å². The number of nitrogens with zero attached hydrogens (tertiary/aromatic N) is 1. The van der Waals surface area contributed by atoms with Gasteiger partial charge < -0.3 is 15.3 Å². The highest BCUT2D eigenvalue weighted by Gasteiger charge is 2.19. The number of hydrogen-bond donors (Lipinski definition) is 2. The fourth-order valence-electron chi connectivity index (χ4n) is 2.39. The third-order valence-electron chi connectivity index (χ3n) is 4.11. The predicted molar refractivity (Wildman–Crippen MR) is 91.3 cm³/mol. The number of benzene rings is 1.